The summed E-state index contributed by atoms with van der Waals surface area (Å²) in [6.45, 7) is 4.19. The molecule has 0 amide bonds. The van der Waals surface area contributed by atoms with Crippen molar-refractivity contribution < 1.29 is 4.39 Å². The first-order chi connectivity index (χ1) is 10.5. The fraction of sp³-hybridized carbons (Fsp3) is 0.267. The van der Waals surface area contributed by atoms with Gasteiger partial charge >= 0.3 is 0 Å². The fourth-order valence-corrected chi connectivity index (χ4v) is 2.59. The maximum atomic E-state index is 13.6. The van der Waals surface area contributed by atoms with E-state index < -0.39 is 5.82 Å². The van der Waals surface area contributed by atoms with Crippen molar-refractivity contribution >= 4 is 29.3 Å². The van der Waals surface area contributed by atoms with Crippen molar-refractivity contribution in [2.75, 3.05) is 11.6 Å². The summed E-state index contributed by atoms with van der Waals surface area (Å²) in [5, 5.41) is -0.225. The average molecular weight is 321 g/mol. The zero-order valence-electron chi connectivity index (χ0n) is 12.1. The highest BCUT2D eigenvalue weighted by atomic mass is 35.5. The molecule has 2 aromatic heterocycles. The van der Waals surface area contributed by atoms with Crippen LogP contribution in [0.25, 0.3) is 0 Å². The molecule has 0 bridgehead atoms. The number of nitrogens with one attached hydrogen (secondary N) is 1. The standard InChI is InChI=1S/C15H14ClFN4O/c1-8(2)12-13(11(22)3-4-19-12)21-7-18-6-9-5-10(17)14(16)20-15(9)21/h3-6,8H,7H2,1-2H3,(H,19,22). The number of anilines is 2. The molecule has 0 aliphatic carbocycles. The summed E-state index contributed by atoms with van der Waals surface area (Å²) >= 11 is 5.80. The number of rotatable bonds is 2. The number of aromatic nitrogens is 2. The molecule has 22 heavy (non-hydrogen) atoms. The molecule has 114 valence electrons. The van der Waals surface area contributed by atoms with E-state index in [9.17, 15) is 9.18 Å². The van der Waals surface area contributed by atoms with Crippen LogP contribution < -0.4 is 10.3 Å². The lowest BCUT2D eigenvalue weighted by atomic mass is 10.1. The van der Waals surface area contributed by atoms with Crippen molar-refractivity contribution in [1.29, 1.82) is 0 Å². The Bertz CT molecular complexity index is 816. The number of nitrogens with zero attached hydrogens (tertiary/aromatic N) is 3. The minimum absolute atomic E-state index is 0.106. The third-order valence-corrected chi connectivity index (χ3v) is 3.73. The van der Waals surface area contributed by atoms with Crippen molar-refractivity contribution in [3.63, 3.8) is 0 Å². The van der Waals surface area contributed by atoms with Gasteiger partial charge in [-0.2, -0.15) is 0 Å². The molecule has 1 aliphatic heterocycles. The molecule has 3 rings (SSSR count). The quantitative estimate of drug-likeness (QED) is 0.864. The molecule has 0 saturated carbocycles. The van der Waals surface area contributed by atoms with Crippen molar-refractivity contribution in [1.82, 2.24) is 9.97 Å². The molecule has 3 heterocycles. The first-order valence-corrected chi connectivity index (χ1v) is 7.22. The minimum atomic E-state index is -0.611. The van der Waals surface area contributed by atoms with Gasteiger partial charge in [-0.1, -0.05) is 25.4 Å². The van der Waals surface area contributed by atoms with Crippen LogP contribution in [0.1, 0.15) is 31.0 Å². The summed E-state index contributed by atoms with van der Waals surface area (Å²) in [5.74, 6) is -0.0750. The van der Waals surface area contributed by atoms with Gasteiger partial charge in [0.05, 0.1) is 0 Å². The second kappa shape index (κ2) is 5.53. The average Bonchev–Trinajstić information content (AvgIpc) is 2.48. The summed E-state index contributed by atoms with van der Waals surface area (Å²) in [5.41, 5.74) is 1.59. The molecule has 0 unspecified atom stereocenters. The van der Waals surface area contributed by atoms with E-state index in [-0.39, 0.29) is 23.2 Å². The maximum absolute atomic E-state index is 13.6. The fourth-order valence-electron chi connectivity index (χ4n) is 2.45. The Morgan fingerprint density at radius 1 is 1.45 bits per heavy atom. The lowest BCUT2D eigenvalue weighted by Crippen LogP contribution is -2.30. The second-order valence-electron chi connectivity index (χ2n) is 5.31. The van der Waals surface area contributed by atoms with Crippen molar-refractivity contribution in [2.45, 2.75) is 19.8 Å². The van der Waals surface area contributed by atoms with Crippen LogP contribution in [0.3, 0.4) is 0 Å². The lowest BCUT2D eigenvalue weighted by Gasteiger charge is -2.28. The summed E-state index contributed by atoms with van der Waals surface area (Å²) in [6.07, 6.45) is 3.14. The normalized spacial score (nSPS) is 13.6. The third-order valence-electron chi connectivity index (χ3n) is 3.46. The van der Waals surface area contributed by atoms with Crippen molar-refractivity contribution in [3.8, 4) is 0 Å². The van der Waals surface area contributed by atoms with Gasteiger partial charge in [-0.3, -0.25) is 9.79 Å². The van der Waals surface area contributed by atoms with Crippen molar-refractivity contribution in [3.05, 3.63) is 50.8 Å². The molecule has 1 aliphatic rings. The summed E-state index contributed by atoms with van der Waals surface area (Å²) in [4.78, 5) is 25.4. The van der Waals surface area contributed by atoms with E-state index >= 15 is 0 Å². The van der Waals surface area contributed by atoms with Gasteiger partial charge in [-0.25, -0.2) is 9.37 Å². The zero-order chi connectivity index (χ0) is 15.9. The SMILES string of the molecule is CC(C)c1[nH]ccc(=O)c1N1CN=Cc2cc(F)c(Cl)nc21. The van der Waals surface area contributed by atoms with Gasteiger partial charge < -0.3 is 9.88 Å². The number of hydrogen-bond donors (Lipinski definition) is 1. The Morgan fingerprint density at radius 3 is 2.95 bits per heavy atom. The van der Waals surface area contributed by atoms with E-state index in [1.165, 1.54) is 18.3 Å². The lowest BCUT2D eigenvalue weighted by molar-refractivity contribution is 0.621. The molecule has 0 spiro atoms. The van der Waals surface area contributed by atoms with Gasteiger partial charge in [0.1, 0.15) is 18.2 Å². The summed E-state index contributed by atoms with van der Waals surface area (Å²) in [6, 6.07) is 2.72. The number of aromatic amines is 1. The number of fused-ring (bicyclic) bond motifs is 1. The van der Waals surface area contributed by atoms with Gasteiger partial charge in [0.25, 0.3) is 0 Å². The number of halogens is 2. The first-order valence-electron chi connectivity index (χ1n) is 6.84. The zero-order valence-corrected chi connectivity index (χ0v) is 12.9. The third kappa shape index (κ3) is 2.39. The summed E-state index contributed by atoms with van der Waals surface area (Å²) < 4.78 is 13.6. The van der Waals surface area contributed by atoms with Crippen molar-refractivity contribution in [2.24, 2.45) is 4.99 Å². The molecule has 0 aromatic carbocycles. The van der Waals surface area contributed by atoms with Gasteiger partial charge in [0.15, 0.2) is 11.0 Å². The van der Waals surface area contributed by atoms with E-state index in [2.05, 4.69) is 15.0 Å². The van der Waals surface area contributed by atoms with Crippen LogP contribution in [0, 0.1) is 5.82 Å². The molecule has 2 aromatic rings. The predicted molar refractivity (Wildman–Crippen MR) is 85.0 cm³/mol. The van der Waals surface area contributed by atoms with Crippen LogP contribution in [-0.4, -0.2) is 22.9 Å². The Kier molecular flexibility index (Phi) is 3.70. The van der Waals surface area contributed by atoms with Crippen LogP contribution in [-0.2, 0) is 0 Å². The second-order valence-corrected chi connectivity index (χ2v) is 5.67. The van der Waals surface area contributed by atoms with Gasteiger partial charge in [0, 0.05) is 29.7 Å². The highest BCUT2D eigenvalue weighted by molar-refractivity contribution is 6.29. The maximum Gasteiger partial charge on any atom is 0.205 e. The van der Waals surface area contributed by atoms with Gasteiger partial charge in [-0.05, 0) is 12.0 Å². The molecule has 0 saturated heterocycles. The number of H-pyrrole nitrogens is 1. The molecule has 7 heteroatoms. The molecule has 5 nitrogen and oxygen atoms in total. The van der Waals surface area contributed by atoms with Crippen LogP contribution >= 0.6 is 11.6 Å². The van der Waals surface area contributed by atoms with Crippen LogP contribution in [0.4, 0.5) is 15.9 Å². The van der Waals surface area contributed by atoms with E-state index in [1.54, 1.807) is 11.1 Å². The van der Waals surface area contributed by atoms with Gasteiger partial charge in [0.2, 0.25) is 5.43 Å². The van der Waals surface area contributed by atoms with Gasteiger partial charge in [-0.15, -0.1) is 0 Å². The molecular weight excluding hydrogens is 307 g/mol. The molecule has 0 atom stereocenters. The Labute approximate surface area is 131 Å². The molecular formula is C15H14ClFN4O. The predicted octanol–water partition coefficient (Wildman–Crippen LogP) is 3.21. The summed E-state index contributed by atoms with van der Waals surface area (Å²) in [7, 11) is 0. The van der Waals surface area contributed by atoms with E-state index in [0.717, 1.165) is 5.69 Å². The molecule has 0 fully saturated rings. The Balaban J connectivity index is 2.23. The van der Waals surface area contributed by atoms with Crippen LogP contribution in [0.2, 0.25) is 5.15 Å². The van der Waals surface area contributed by atoms with Crippen LogP contribution in [0.5, 0.6) is 0 Å². The Morgan fingerprint density at radius 2 is 2.23 bits per heavy atom. The number of aliphatic imine (C=N–C) groups is 1. The monoisotopic (exact) mass is 320 g/mol. The highest BCUT2D eigenvalue weighted by Gasteiger charge is 2.25. The van der Waals surface area contributed by atoms with Crippen LogP contribution in [0.15, 0.2) is 28.1 Å². The number of pyridine rings is 2. The molecule has 1 N–H and O–H groups in total. The topological polar surface area (TPSA) is 61.4 Å². The Hall–Kier alpha value is -2.21. The largest absolute Gasteiger partial charge is 0.363 e. The smallest absolute Gasteiger partial charge is 0.205 e. The highest BCUT2D eigenvalue weighted by Crippen LogP contribution is 2.32. The van der Waals surface area contributed by atoms with E-state index in [4.69, 9.17) is 11.6 Å². The van der Waals surface area contributed by atoms with E-state index in [0.29, 0.717) is 17.1 Å². The molecule has 0 radical (unpaired) electrons. The minimum Gasteiger partial charge on any atom is -0.363 e. The number of hydrogen-bond acceptors (Lipinski definition) is 4. The van der Waals surface area contributed by atoms with E-state index in [1.807, 2.05) is 13.8 Å². The first kappa shape index (κ1) is 14.7.